The third-order valence-corrected chi connectivity index (χ3v) is 3.76. The summed E-state index contributed by atoms with van der Waals surface area (Å²) in [4.78, 5) is 24.2. The Morgan fingerprint density at radius 2 is 2.00 bits per heavy atom. The number of carboxylic acids is 1. The van der Waals surface area contributed by atoms with Crippen molar-refractivity contribution in [3.63, 3.8) is 0 Å². The molecule has 0 aromatic carbocycles. The van der Waals surface area contributed by atoms with Gasteiger partial charge in [0.1, 0.15) is 11.3 Å². The Morgan fingerprint density at radius 1 is 1.38 bits per heavy atom. The number of aromatic nitrogens is 1. The van der Waals surface area contributed by atoms with Crippen LogP contribution in [-0.4, -0.2) is 46.3 Å². The Labute approximate surface area is 117 Å². The van der Waals surface area contributed by atoms with E-state index in [2.05, 4.69) is 5.16 Å². The third kappa shape index (κ3) is 2.26. The SMILES string of the molecule is Cc1noc(C)c1C(=O)N1CCC(C(=O)O)(C(F)(F)F)C1. The third-order valence-electron chi connectivity index (χ3n) is 3.76. The first-order chi connectivity index (χ1) is 9.60. The number of halogens is 3. The smallest absolute Gasteiger partial charge is 0.406 e. The van der Waals surface area contributed by atoms with Crippen LogP contribution in [-0.2, 0) is 4.79 Å². The summed E-state index contributed by atoms with van der Waals surface area (Å²) >= 11 is 0. The number of nitrogens with zero attached hydrogens (tertiary/aromatic N) is 2. The molecule has 0 radical (unpaired) electrons. The van der Waals surface area contributed by atoms with Gasteiger partial charge in [-0.1, -0.05) is 5.16 Å². The minimum absolute atomic E-state index is 0.0818. The van der Waals surface area contributed by atoms with Gasteiger partial charge in [0, 0.05) is 13.1 Å². The van der Waals surface area contributed by atoms with E-state index in [9.17, 15) is 22.8 Å². The van der Waals surface area contributed by atoms with Crippen LogP contribution in [0.1, 0.15) is 28.2 Å². The Kier molecular flexibility index (Phi) is 3.46. The van der Waals surface area contributed by atoms with Gasteiger partial charge in [0.2, 0.25) is 0 Å². The maximum Gasteiger partial charge on any atom is 0.406 e. The first-order valence-corrected chi connectivity index (χ1v) is 6.12. The first-order valence-electron chi connectivity index (χ1n) is 6.12. The normalized spacial score (nSPS) is 22.6. The highest BCUT2D eigenvalue weighted by Crippen LogP contribution is 2.46. The zero-order chi connectivity index (χ0) is 16.0. The topological polar surface area (TPSA) is 83.6 Å². The second kappa shape index (κ2) is 4.74. The summed E-state index contributed by atoms with van der Waals surface area (Å²) in [6, 6.07) is 0. The number of carboxylic acid groups (broad SMARTS) is 1. The van der Waals surface area contributed by atoms with Gasteiger partial charge in [0.05, 0.1) is 5.69 Å². The molecule has 0 spiro atoms. The molecule has 1 aliphatic rings. The molecule has 6 nitrogen and oxygen atoms in total. The molecule has 21 heavy (non-hydrogen) atoms. The molecule has 2 rings (SSSR count). The molecule has 1 amide bonds. The van der Waals surface area contributed by atoms with Crippen molar-refractivity contribution >= 4 is 11.9 Å². The molecule has 0 bridgehead atoms. The van der Waals surface area contributed by atoms with E-state index in [1.807, 2.05) is 0 Å². The molecule has 1 unspecified atom stereocenters. The summed E-state index contributed by atoms with van der Waals surface area (Å²) in [6.07, 6.45) is -5.59. The standard InChI is InChI=1S/C12H13F3N2O4/c1-6-8(7(2)21-16-6)9(18)17-4-3-11(5-17,10(19)20)12(13,14)15/h3-5H2,1-2H3,(H,19,20). The summed E-state index contributed by atoms with van der Waals surface area (Å²) in [5, 5.41) is 12.5. The van der Waals surface area contributed by atoms with E-state index < -0.39 is 36.4 Å². The van der Waals surface area contributed by atoms with Gasteiger partial charge in [-0.2, -0.15) is 13.2 Å². The monoisotopic (exact) mass is 306 g/mol. The van der Waals surface area contributed by atoms with Crippen molar-refractivity contribution in [3.8, 4) is 0 Å². The van der Waals surface area contributed by atoms with Crippen molar-refractivity contribution in [3.05, 3.63) is 17.0 Å². The molecule has 1 aromatic rings. The summed E-state index contributed by atoms with van der Waals surface area (Å²) < 4.78 is 44.0. The summed E-state index contributed by atoms with van der Waals surface area (Å²) in [6.45, 7) is 1.77. The van der Waals surface area contributed by atoms with Crippen molar-refractivity contribution in [2.45, 2.75) is 26.4 Å². The number of likely N-dealkylation sites (tertiary alicyclic amines) is 1. The zero-order valence-corrected chi connectivity index (χ0v) is 11.3. The lowest BCUT2D eigenvalue weighted by atomic mass is 9.86. The van der Waals surface area contributed by atoms with E-state index in [0.717, 1.165) is 4.90 Å². The number of aryl methyl sites for hydroxylation is 2. The highest BCUT2D eigenvalue weighted by atomic mass is 19.4. The van der Waals surface area contributed by atoms with E-state index in [0.29, 0.717) is 0 Å². The second-order valence-electron chi connectivity index (χ2n) is 5.06. The van der Waals surface area contributed by atoms with Gasteiger partial charge in [-0.3, -0.25) is 9.59 Å². The summed E-state index contributed by atoms with van der Waals surface area (Å²) in [7, 11) is 0. The van der Waals surface area contributed by atoms with Crippen LogP contribution in [0.4, 0.5) is 13.2 Å². The van der Waals surface area contributed by atoms with E-state index in [1.54, 1.807) is 0 Å². The van der Waals surface area contributed by atoms with Gasteiger partial charge in [0.25, 0.3) is 5.91 Å². The van der Waals surface area contributed by atoms with Gasteiger partial charge in [-0.05, 0) is 20.3 Å². The molecule has 1 fully saturated rings. The van der Waals surface area contributed by atoms with Gasteiger partial charge >= 0.3 is 12.1 Å². The molecule has 1 saturated heterocycles. The van der Waals surface area contributed by atoms with Crippen molar-refractivity contribution in [2.24, 2.45) is 5.41 Å². The molecule has 1 N–H and O–H groups in total. The average Bonchev–Trinajstić information content (AvgIpc) is 2.93. The minimum atomic E-state index is -4.92. The van der Waals surface area contributed by atoms with Crippen LogP contribution in [0.3, 0.4) is 0 Å². The van der Waals surface area contributed by atoms with Crippen LogP contribution in [0.2, 0.25) is 0 Å². The van der Waals surface area contributed by atoms with E-state index in [4.69, 9.17) is 9.63 Å². The average molecular weight is 306 g/mol. The number of hydrogen-bond acceptors (Lipinski definition) is 4. The van der Waals surface area contributed by atoms with Crippen molar-refractivity contribution in [2.75, 3.05) is 13.1 Å². The number of hydrogen-bond donors (Lipinski definition) is 1. The van der Waals surface area contributed by atoms with Crippen molar-refractivity contribution < 1.29 is 32.4 Å². The van der Waals surface area contributed by atoms with Crippen LogP contribution in [0.15, 0.2) is 4.52 Å². The fraction of sp³-hybridized carbons (Fsp3) is 0.583. The first kappa shape index (κ1) is 15.3. The van der Waals surface area contributed by atoms with Crippen LogP contribution < -0.4 is 0 Å². The lowest BCUT2D eigenvalue weighted by molar-refractivity contribution is -0.227. The Hall–Kier alpha value is -2.06. The summed E-state index contributed by atoms with van der Waals surface area (Å²) in [5.41, 5.74) is -2.57. The van der Waals surface area contributed by atoms with E-state index >= 15 is 0 Å². The molecule has 0 saturated carbocycles. The highest BCUT2D eigenvalue weighted by molar-refractivity contribution is 5.96. The maximum absolute atomic E-state index is 13.1. The molecule has 116 valence electrons. The predicted molar refractivity (Wildman–Crippen MR) is 62.6 cm³/mol. The number of amides is 1. The number of carbonyl (C=O) groups excluding carboxylic acids is 1. The zero-order valence-electron chi connectivity index (χ0n) is 11.3. The minimum Gasteiger partial charge on any atom is -0.481 e. The lowest BCUT2D eigenvalue weighted by Crippen LogP contribution is -2.47. The van der Waals surface area contributed by atoms with Crippen LogP contribution in [0, 0.1) is 19.3 Å². The number of carbonyl (C=O) groups is 2. The van der Waals surface area contributed by atoms with Gasteiger partial charge in [0.15, 0.2) is 5.41 Å². The fourth-order valence-corrected chi connectivity index (χ4v) is 2.46. The molecular weight excluding hydrogens is 293 g/mol. The van der Waals surface area contributed by atoms with E-state index in [-0.39, 0.29) is 23.6 Å². The van der Waals surface area contributed by atoms with Gasteiger partial charge in [-0.25, -0.2) is 0 Å². The molecule has 1 aromatic heterocycles. The largest absolute Gasteiger partial charge is 0.481 e. The molecule has 1 aliphatic heterocycles. The Bertz CT molecular complexity index is 576. The van der Waals surface area contributed by atoms with Crippen LogP contribution in [0.25, 0.3) is 0 Å². The Balaban J connectivity index is 2.30. The van der Waals surface area contributed by atoms with Crippen molar-refractivity contribution in [1.29, 1.82) is 0 Å². The van der Waals surface area contributed by atoms with Gasteiger partial charge in [-0.15, -0.1) is 0 Å². The van der Waals surface area contributed by atoms with Crippen molar-refractivity contribution in [1.82, 2.24) is 10.1 Å². The summed E-state index contributed by atoms with van der Waals surface area (Å²) in [5.74, 6) is -2.47. The quantitative estimate of drug-likeness (QED) is 0.900. The molecular formula is C12H13F3N2O4. The van der Waals surface area contributed by atoms with Crippen LogP contribution >= 0.6 is 0 Å². The lowest BCUT2D eigenvalue weighted by Gasteiger charge is -2.27. The van der Waals surface area contributed by atoms with Crippen LogP contribution in [0.5, 0.6) is 0 Å². The molecule has 9 heteroatoms. The molecule has 1 atom stereocenters. The molecule has 2 heterocycles. The predicted octanol–water partition coefficient (Wildman–Crippen LogP) is 1.77. The highest BCUT2D eigenvalue weighted by Gasteiger charge is 2.64. The Morgan fingerprint density at radius 3 is 2.38 bits per heavy atom. The molecule has 0 aliphatic carbocycles. The number of aliphatic carboxylic acids is 1. The number of alkyl halides is 3. The fourth-order valence-electron chi connectivity index (χ4n) is 2.46. The second-order valence-corrected chi connectivity index (χ2v) is 5.06. The van der Waals surface area contributed by atoms with Gasteiger partial charge < -0.3 is 14.5 Å². The maximum atomic E-state index is 13.1. The number of rotatable bonds is 2. The van der Waals surface area contributed by atoms with E-state index in [1.165, 1.54) is 13.8 Å².